The molecule has 0 nitrogen and oxygen atoms in total. The number of halogens is 2. The molecule has 0 heterocycles. The molecule has 2 aromatic rings. The second-order valence-corrected chi connectivity index (χ2v) is 9.79. The molecule has 0 aromatic heterocycles. The molecule has 2 saturated carbocycles. The Bertz CT molecular complexity index is 971. The van der Waals surface area contributed by atoms with E-state index in [1.807, 2.05) is 31.2 Å². The van der Waals surface area contributed by atoms with Gasteiger partial charge < -0.3 is 0 Å². The summed E-state index contributed by atoms with van der Waals surface area (Å²) < 4.78 is 29.9. The van der Waals surface area contributed by atoms with Gasteiger partial charge in [0, 0.05) is 5.56 Å². The van der Waals surface area contributed by atoms with Crippen molar-refractivity contribution < 1.29 is 8.78 Å². The molecule has 2 fully saturated rings. The van der Waals surface area contributed by atoms with Gasteiger partial charge in [0.2, 0.25) is 0 Å². The molecule has 0 radical (unpaired) electrons. The second-order valence-electron chi connectivity index (χ2n) is 9.79. The third kappa shape index (κ3) is 5.22. The molecule has 2 aliphatic rings. The van der Waals surface area contributed by atoms with Crippen molar-refractivity contribution in [2.45, 2.75) is 71.1 Å². The van der Waals surface area contributed by atoms with Crippen LogP contribution in [0, 0.1) is 29.4 Å². The average Bonchev–Trinajstić information content (AvgIpc) is 2.79. The summed E-state index contributed by atoms with van der Waals surface area (Å²) in [5, 5.41) is 0. The lowest BCUT2D eigenvalue weighted by molar-refractivity contribution is 0.132. The Kier molecular flexibility index (Phi) is 7.60. The molecule has 0 saturated heterocycles. The number of fused-ring (bicyclic) bond motifs is 1. The van der Waals surface area contributed by atoms with Crippen LogP contribution < -0.4 is 0 Å². The summed E-state index contributed by atoms with van der Waals surface area (Å²) in [6.07, 6.45) is 17.6. The molecule has 0 spiro atoms. The van der Waals surface area contributed by atoms with E-state index < -0.39 is 0 Å². The van der Waals surface area contributed by atoms with Gasteiger partial charge in [-0.15, -0.1) is 0 Å². The van der Waals surface area contributed by atoms with Gasteiger partial charge in [-0.3, -0.25) is 0 Å². The summed E-state index contributed by atoms with van der Waals surface area (Å²) in [4.78, 5) is 0. The minimum Gasteiger partial charge on any atom is -0.207 e. The molecule has 0 N–H and O–H groups in total. The van der Waals surface area contributed by atoms with Gasteiger partial charge in [-0.1, -0.05) is 48.6 Å². The van der Waals surface area contributed by atoms with Gasteiger partial charge in [-0.05, 0) is 118 Å². The molecule has 2 aliphatic carbocycles. The van der Waals surface area contributed by atoms with E-state index in [9.17, 15) is 4.39 Å². The van der Waals surface area contributed by atoms with Crippen LogP contribution in [0.25, 0.3) is 11.1 Å². The molecule has 0 bridgehead atoms. The van der Waals surface area contributed by atoms with E-state index in [0.29, 0.717) is 17.0 Å². The van der Waals surface area contributed by atoms with E-state index in [1.165, 1.54) is 25.7 Å². The van der Waals surface area contributed by atoms with E-state index in [4.69, 9.17) is 0 Å². The monoisotopic (exact) mass is 434 g/mol. The molecule has 0 aliphatic heterocycles. The Balaban J connectivity index is 1.45. The molecule has 2 aromatic carbocycles. The highest BCUT2D eigenvalue weighted by Gasteiger charge is 2.36. The van der Waals surface area contributed by atoms with Crippen LogP contribution in [0.3, 0.4) is 0 Å². The molecule has 2 heteroatoms. The number of hydrogen-bond donors (Lipinski definition) is 0. The maximum atomic E-state index is 15.2. The molecule has 32 heavy (non-hydrogen) atoms. The van der Waals surface area contributed by atoms with Crippen molar-refractivity contribution in [2.24, 2.45) is 17.8 Å². The molecule has 4 unspecified atom stereocenters. The first-order valence-electron chi connectivity index (χ1n) is 12.4. The topological polar surface area (TPSA) is 0 Å². The number of rotatable bonds is 6. The summed E-state index contributed by atoms with van der Waals surface area (Å²) in [6, 6.07) is 10.7. The number of hydrogen-bond acceptors (Lipinski definition) is 0. The third-order valence-electron chi connectivity index (χ3n) is 7.74. The summed E-state index contributed by atoms with van der Waals surface area (Å²) in [5.74, 6) is 2.10. The van der Waals surface area contributed by atoms with Gasteiger partial charge in [0.15, 0.2) is 0 Å². The highest BCUT2D eigenvalue weighted by Crippen LogP contribution is 2.48. The predicted octanol–water partition coefficient (Wildman–Crippen LogP) is 9.02. The van der Waals surface area contributed by atoms with Gasteiger partial charge in [0.1, 0.15) is 11.6 Å². The van der Waals surface area contributed by atoms with Crippen LogP contribution in [0.2, 0.25) is 0 Å². The van der Waals surface area contributed by atoms with Gasteiger partial charge in [-0.25, -0.2) is 8.78 Å². The Morgan fingerprint density at radius 2 is 1.66 bits per heavy atom. The smallest absolute Gasteiger partial charge is 0.131 e. The Morgan fingerprint density at radius 1 is 0.844 bits per heavy atom. The standard InChI is InChI=1S/C30H36F2/c1-3-5-6-8-22-10-15-27(29(31)18-22)26-14-16-28(30(32)20-26)25-13-12-23-17-21(7-4-2)9-11-24(23)19-25/h3-5,7,10,14-16,18,20-21,23-25H,6,8-9,11-13,17,19H2,1-2H3/b5-3+,7-4+. The lowest BCUT2D eigenvalue weighted by Crippen LogP contribution is -2.30. The number of allylic oxidation sites excluding steroid dienone is 4. The fourth-order valence-electron chi connectivity index (χ4n) is 6.05. The van der Waals surface area contributed by atoms with Crippen molar-refractivity contribution in [3.05, 3.63) is 83.5 Å². The predicted molar refractivity (Wildman–Crippen MR) is 131 cm³/mol. The summed E-state index contributed by atoms with van der Waals surface area (Å²) in [5.41, 5.74) is 2.91. The van der Waals surface area contributed by atoms with E-state index >= 15 is 4.39 Å². The normalized spacial score (nSPS) is 26.0. The number of benzene rings is 2. The van der Waals surface area contributed by atoms with Crippen LogP contribution in [0.4, 0.5) is 8.78 Å². The van der Waals surface area contributed by atoms with Crippen LogP contribution in [0.1, 0.15) is 75.8 Å². The lowest BCUT2D eigenvalue weighted by Gasteiger charge is -2.42. The van der Waals surface area contributed by atoms with Crippen LogP contribution in [-0.2, 0) is 6.42 Å². The fraction of sp³-hybridized carbons (Fsp3) is 0.467. The van der Waals surface area contributed by atoms with Gasteiger partial charge >= 0.3 is 0 Å². The SMILES string of the molecule is C/C=C/CCc1ccc(-c2ccc(C3CCC4CC(/C=C/C)CCC4C3)c(F)c2)c(F)c1. The van der Waals surface area contributed by atoms with E-state index in [-0.39, 0.29) is 11.6 Å². The molecule has 0 amide bonds. The zero-order valence-electron chi connectivity index (χ0n) is 19.5. The minimum atomic E-state index is -0.270. The van der Waals surface area contributed by atoms with Gasteiger partial charge in [0.25, 0.3) is 0 Å². The maximum absolute atomic E-state index is 15.2. The zero-order chi connectivity index (χ0) is 22.5. The maximum Gasteiger partial charge on any atom is 0.131 e. The first-order valence-corrected chi connectivity index (χ1v) is 12.4. The van der Waals surface area contributed by atoms with Crippen molar-refractivity contribution >= 4 is 0 Å². The summed E-state index contributed by atoms with van der Waals surface area (Å²) in [7, 11) is 0. The highest BCUT2D eigenvalue weighted by molar-refractivity contribution is 5.65. The minimum absolute atomic E-state index is 0.176. The van der Waals surface area contributed by atoms with Crippen molar-refractivity contribution in [1.29, 1.82) is 0 Å². The summed E-state index contributed by atoms with van der Waals surface area (Å²) >= 11 is 0. The lowest BCUT2D eigenvalue weighted by atomic mass is 9.64. The molecular weight excluding hydrogens is 398 g/mol. The van der Waals surface area contributed by atoms with Crippen LogP contribution in [-0.4, -0.2) is 0 Å². The molecule has 4 rings (SSSR count). The Morgan fingerprint density at radius 3 is 2.41 bits per heavy atom. The highest BCUT2D eigenvalue weighted by atomic mass is 19.1. The molecule has 170 valence electrons. The fourth-order valence-corrected chi connectivity index (χ4v) is 6.05. The van der Waals surface area contributed by atoms with Gasteiger partial charge in [0.05, 0.1) is 0 Å². The van der Waals surface area contributed by atoms with Gasteiger partial charge in [-0.2, -0.15) is 0 Å². The van der Waals surface area contributed by atoms with Crippen molar-refractivity contribution in [3.8, 4) is 11.1 Å². The molecular formula is C30H36F2. The van der Waals surface area contributed by atoms with Crippen LogP contribution >= 0.6 is 0 Å². The summed E-state index contributed by atoms with van der Waals surface area (Å²) in [6.45, 7) is 4.10. The Labute approximate surface area is 192 Å². The first-order chi connectivity index (χ1) is 15.6. The first kappa shape index (κ1) is 23.0. The number of aryl methyl sites for hydroxylation is 1. The van der Waals surface area contributed by atoms with E-state index in [2.05, 4.69) is 25.2 Å². The van der Waals surface area contributed by atoms with E-state index in [0.717, 1.165) is 54.6 Å². The zero-order valence-corrected chi connectivity index (χ0v) is 19.5. The van der Waals surface area contributed by atoms with Crippen molar-refractivity contribution in [3.63, 3.8) is 0 Å². The molecule has 4 atom stereocenters. The Hall–Kier alpha value is -2.22. The average molecular weight is 435 g/mol. The van der Waals surface area contributed by atoms with Crippen molar-refractivity contribution in [1.82, 2.24) is 0 Å². The van der Waals surface area contributed by atoms with Crippen LogP contribution in [0.15, 0.2) is 60.7 Å². The second kappa shape index (κ2) is 10.6. The van der Waals surface area contributed by atoms with Crippen LogP contribution in [0.5, 0.6) is 0 Å². The van der Waals surface area contributed by atoms with E-state index in [1.54, 1.807) is 18.2 Å². The van der Waals surface area contributed by atoms with Crippen molar-refractivity contribution in [2.75, 3.05) is 0 Å². The third-order valence-corrected chi connectivity index (χ3v) is 7.74. The quantitative estimate of drug-likeness (QED) is 0.398. The largest absolute Gasteiger partial charge is 0.207 e.